The monoisotopic (exact) mass is 366 g/mol. The van der Waals surface area contributed by atoms with Gasteiger partial charge in [-0.25, -0.2) is 8.42 Å². The average Bonchev–Trinajstić information content (AvgIpc) is 2.98. The largest absolute Gasteiger partial charge is 0.224 e. The molecule has 23 heavy (non-hydrogen) atoms. The zero-order chi connectivity index (χ0) is 16.6. The van der Waals surface area contributed by atoms with Gasteiger partial charge in [0.15, 0.2) is 9.84 Å². The van der Waals surface area contributed by atoms with Crippen molar-refractivity contribution < 1.29 is 8.42 Å². The summed E-state index contributed by atoms with van der Waals surface area (Å²) in [7, 11) is -3.18. The van der Waals surface area contributed by atoms with Crippen molar-refractivity contribution in [3.05, 3.63) is 63.6 Å². The maximum Gasteiger partial charge on any atom is 0.175 e. The molecule has 0 N–H and O–H groups in total. The predicted octanol–water partition coefficient (Wildman–Crippen LogP) is 5.49. The molecule has 0 amide bonds. The zero-order valence-corrected chi connectivity index (χ0v) is 15.0. The fourth-order valence-corrected chi connectivity index (χ4v) is 4.04. The Labute approximate surface area is 146 Å². The van der Waals surface area contributed by atoms with Gasteiger partial charge in [-0.1, -0.05) is 47.5 Å². The Bertz CT molecular complexity index is 882. The molecule has 2 aromatic rings. The van der Waals surface area contributed by atoms with Gasteiger partial charge in [-0.05, 0) is 59.7 Å². The first-order valence-electron chi connectivity index (χ1n) is 7.35. The first kappa shape index (κ1) is 16.6. The van der Waals surface area contributed by atoms with Gasteiger partial charge in [-0.15, -0.1) is 0 Å². The van der Waals surface area contributed by atoms with Gasteiger partial charge >= 0.3 is 0 Å². The second kappa shape index (κ2) is 6.31. The minimum atomic E-state index is -3.18. The van der Waals surface area contributed by atoms with E-state index in [1.807, 2.05) is 24.3 Å². The summed E-state index contributed by atoms with van der Waals surface area (Å²) in [6.07, 6.45) is 4.18. The minimum Gasteiger partial charge on any atom is -0.224 e. The van der Waals surface area contributed by atoms with Crippen molar-refractivity contribution in [1.82, 2.24) is 0 Å². The topological polar surface area (TPSA) is 34.1 Å². The Hall–Kier alpha value is -1.29. The van der Waals surface area contributed by atoms with Crippen LogP contribution in [0, 0.1) is 0 Å². The van der Waals surface area contributed by atoms with E-state index < -0.39 is 9.84 Å². The van der Waals surface area contributed by atoms with Gasteiger partial charge in [0, 0.05) is 6.26 Å². The van der Waals surface area contributed by atoms with Crippen molar-refractivity contribution in [2.24, 2.45) is 0 Å². The maximum absolute atomic E-state index is 11.6. The molecule has 1 aliphatic carbocycles. The zero-order valence-electron chi connectivity index (χ0n) is 12.6. The highest BCUT2D eigenvalue weighted by atomic mass is 35.5. The number of allylic oxidation sites excluding steroid dienone is 2. The molecule has 2 nitrogen and oxygen atoms in total. The fraction of sp³-hybridized carbons (Fsp3) is 0.222. The van der Waals surface area contributed by atoms with E-state index in [4.69, 9.17) is 23.2 Å². The molecule has 0 unspecified atom stereocenters. The molecule has 0 heterocycles. The molecule has 3 rings (SSSR count). The Kier molecular flexibility index (Phi) is 4.54. The summed E-state index contributed by atoms with van der Waals surface area (Å²) in [5.41, 5.74) is 4.43. The predicted molar refractivity (Wildman–Crippen MR) is 96.7 cm³/mol. The third-order valence-electron chi connectivity index (χ3n) is 4.13. The summed E-state index contributed by atoms with van der Waals surface area (Å²) in [6, 6.07) is 12.7. The number of sulfone groups is 1. The summed E-state index contributed by atoms with van der Waals surface area (Å²) in [6.45, 7) is 0. The molecule has 0 saturated carbocycles. The van der Waals surface area contributed by atoms with Crippen LogP contribution in [0.25, 0.3) is 11.1 Å². The van der Waals surface area contributed by atoms with Crippen LogP contribution in [0.15, 0.2) is 47.4 Å². The molecule has 0 bridgehead atoms. The SMILES string of the molecule is CS(=O)(=O)c1ccc(C2=C(c3cccc(Cl)c3Cl)CCC2)cc1. The van der Waals surface area contributed by atoms with Crippen LogP contribution in [-0.2, 0) is 9.84 Å². The summed E-state index contributed by atoms with van der Waals surface area (Å²) >= 11 is 12.5. The summed E-state index contributed by atoms with van der Waals surface area (Å²) < 4.78 is 23.2. The van der Waals surface area contributed by atoms with Crippen LogP contribution < -0.4 is 0 Å². The normalized spacial score (nSPS) is 15.3. The van der Waals surface area contributed by atoms with Crippen molar-refractivity contribution in [1.29, 1.82) is 0 Å². The number of benzene rings is 2. The van der Waals surface area contributed by atoms with E-state index in [0.29, 0.717) is 14.9 Å². The summed E-state index contributed by atoms with van der Waals surface area (Å²) in [4.78, 5) is 0.335. The highest BCUT2D eigenvalue weighted by Crippen LogP contribution is 2.43. The lowest BCUT2D eigenvalue weighted by atomic mass is 9.97. The Morgan fingerprint density at radius 2 is 1.57 bits per heavy atom. The van der Waals surface area contributed by atoms with Gasteiger partial charge in [0.05, 0.1) is 14.9 Å². The minimum absolute atomic E-state index is 0.335. The van der Waals surface area contributed by atoms with Crippen LogP contribution in [0.4, 0.5) is 0 Å². The molecular weight excluding hydrogens is 351 g/mol. The van der Waals surface area contributed by atoms with Crippen molar-refractivity contribution >= 4 is 44.2 Å². The number of hydrogen-bond donors (Lipinski definition) is 0. The van der Waals surface area contributed by atoms with E-state index in [2.05, 4.69) is 0 Å². The number of hydrogen-bond acceptors (Lipinski definition) is 2. The van der Waals surface area contributed by atoms with Gasteiger partial charge in [0.2, 0.25) is 0 Å². The lowest BCUT2D eigenvalue weighted by Crippen LogP contribution is -1.97. The van der Waals surface area contributed by atoms with Gasteiger partial charge in [-0.3, -0.25) is 0 Å². The Balaban J connectivity index is 2.08. The highest BCUT2D eigenvalue weighted by Gasteiger charge is 2.20. The van der Waals surface area contributed by atoms with Crippen LogP contribution in [0.1, 0.15) is 30.4 Å². The number of rotatable bonds is 3. The number of halogens is 2. The van der Waals surface area contributed by atoms with Gasteiger partial charge in [0.25, 0.3) is 0 Å². The molecule has 2 aromatic carbocycles. The maximum atomic E-state index is 11.6. The molecule has 0 saturated heterocycles. The average molecular weight is 367 g/mol. The molecule has 0 atom stereocenters. The molecule has 0 spiro atoms. The smallest absolute Gasteiger partial charge is 0.175 e. The summed E-state index contributed by atoms with van der Waals surface area (Å²) in [5, 5.41) is 1.13. The molecule has 5 heteroatoms. The van der Waals surface area contributed by atoms with Crippen LogP contribution in [0.3, 0.4) is 0 Å². The van der Waals surface area contributed by atoms with Crippen LogP contribution in [0.5, 0.6) is 0 Å². The van der Waals surface area contributed by atoms with E-state index in [0.717, 1.165) is 30.4 Å². The quantitative estimate of drug-likeness (QED) is 0.719. The fourth-order valence-electron chi connectivity index (χ4n) is 3.00. The molecule has 1 aliphatic rings. The molecule has 0 aromatic heterocycles. The molecular formula is C18H16Cl2O2S. The lowest BCUT2D eigenvalue weighted by molar-refractivity contribution is 0.602. The molecule has 0 aliphatic heterocycles. The van der Waals surface area contributed by atoms with E-state index in [-0.39, 0.29) is 0 Å². The molecule has 120 valence electrons. The van der Waals surface area contributed by atoms with Crippen molar-refractivity contribution in [2.75, 3.05) is 6.26 Å². The van der Waals surface area contributed by atoms with Crippen molar-refractivity contribution in [3.8, 4) is 0 Å². The van der Waals surface area contributed by atoms with E-state index in [1.165, 1.54) is 17.4 Å². The van der Waals surface area contributed by atoms with Gasteiger partial charge in [-0.2, -0.15) is 0 Å². The van der Waals surface area contributed by atoms with Crippen LogP contribution in [0.2, 0.25) is 10.0 Å². The van der Waals surface area contributed by atoms with Gasteiger partial charge in [0.1, 0.15) is 0 Å². The first-order valence-corrected chi connectivity index (χ1v) is 9.99. The first-order chi connectivity index (χ1) is 10.9. The second-order valence-corrected chi connectivity index (χ2v) is 8.51. The molecule has 0 fully saturated rings. The van der Waals surface area contributed by atoms with Crippen LogP contribution in [-0.4, -0.2) is 14.7 Å². The van der Waals surface area contributed by atoms with Gasteiger partial charge < -0.3 is 0 Å². The van der Waals surface area contributed by atoms with E-state index >= 15 is 0 Å². The second-order valence-electron chi connectivity index (χ2n) is 5.71. The Morgan fingerprint density at radius 1 is 0.913 bits per heavy atom. The van der Waals surface area contributed by atoms with Crippen molar-refractivity contribution in [2.45, 2.75) is 24.2 Å². The molecule has 0 radical (unpaired) electrons. The third kappa shape index (κ3) is 3.32. The van der Waals surface area contributed by atoms with Crippen molar-refractivity contribution in [3.63, 3.8) is 0 Å². The third-order valence-corrected chi connectivity index (χ3v) is 6.07. The van der Waals surface area contributed by atoms with E-state index in [9.17, 15) is 8.42 Å². The van der Waals surface area contributed by atoms with E-state index in [1.54, 1.807) is 18.2 Å². The Morgan fingerprint density at radius 3 is 2.22 bits per heavy atom. The van der Waals surface area contributed by atoms with Crippen LogP contribution >= 0.6 is 23.2 Å². The summed E-state index contributed by atoms with van der Waals surface area (Å²) in [5.74, 6) is 0. The highest BCUT2D eigenvalue weighted by molar-refractivity contribution is 7.90. The lowest BCUT2D eigenvalue weighted by Gasteiger charge is -2.11. The standard InChI is InChI=1S/C18H16Cl2O2S/c1-23(21,22)13-10-8-12(9-11-13)14-4-2-5-15(14)16-6-3-7-17(19)18(16)20/h3,6-11H,2,4-5H2,1H3.